The Kier molecular flexibility index (Phi) is 6.15. The lowest BCUT2D eigenvalue weighted by Crippen LogP contribution is -2.17. The second kappa shape index (κ2) is 8.16. The lowest BCUT2D eigenvalue weighted by molar-refractivity contribution is 0.175. The molecule has 1 aromatic rings. The molecule has 0 saturated heterocycles. The predicted molar refractivity (Wildman–Crippen MR) is 78.4 cm³/mol. The first kappa shape index (κ1) is 14.3. The van der Waals surface area contributed by atoms with Crippen LogP contribution in [0, 0.1) is 0 Å². The molecule has 19 heavy (non-hydrogen) atoms. The van der Waals surface area contributed by atoms with E-state index >= 15 is 0 Å². The molecule has 1 saturated carbocycles. The van der Waals surface area contributed by atoms with Gasteiger partial charge in [-0.15, -0.1) is 0 Å². The molecule has 2 rings (SSSR count). The smallest absolute Gasteiger partial charge is 0.213 e. The van der Waals surface area contributed by atoms with Crippen LogP contribution in [-0.2, 0) is 6.54 Å². The zero-order chi connectivity index (χ0) is 13.3. The van der Waals surface area contributed by atoms with Gasteiger partial charge in [-0.25, -0.2) is 4.98 Å². The quantitative estimate of drug-likeness (QED) is 0.627. The van der Waals surface area contributed by atoms with Gasteiger partial charge in [-0.1, -0.05) is 25.8 Å². The van der Waals surface area contributed by atoms with E-state index < -0.39 is 0 Å². The van der Waals surface area contributed by atoms with E-state index in [2.05, 4.69) is 23.3 Å². The van der Waals surface area contributed by atoms with Gasteiger partial charge in [-0.05, 0) is 44.7 Å². The molecule has 1 N–H and O–H groups in total. The zero-order valence-electron chi connectivity index (χ0n) is 12.0. The van der Waals surface area contributed by atoms with E-state index in [1.807, 2.05) is 12.1 Å². The molecule has 1 aliphatic carbocycles. The van der Waals surface area contributed by atoms with Crippen LogP contribution >= 0.6 is 0 Å². The summed E-state index contributed by atoms with van der Waals surface area (Å²) < 4.78 is 6.04. The van der Waals surface area contributed by atoms with Crippen molar-refractivity contribution in [2.45, 2.75) is 64.5 Å². The number of hydrogen-bond donors (Lipinski definition) is 1. The zero-order valence-corrected chi connectivity index (χ0v) is 12.0. The van der Waals surface area contributed by atoms with Crippen LogP contribution < -0.4 is 10.1 Å². The summed E-state index contributed by atoms with van der Waals surface area (Å²) in [4.78, 5) is 4.58. The van der Waals surface area contributed by atoms with Crippen molar-refractivity contribution in [1.29, 1.82) is 0 Å². The van der Waals surface area contributed by atoms with Crippen LogP contribution in [0.5, 0.6) is 5.88 Å². The minimum atomic E-state index is 0.369. The Hall–Kier alpha value is -1.09. The summed E-state index contributed by atoms with van der Waals surface area (Å²) in [5.74, 6) is 0.794. The van der Waals surface area contributed by atoms with Gasteiger partial charge in [0.15, 0.2) is 0 Å². The summed E-state index contributed by atoms with van der Waals surface area (Å²) in [6.07, 6.45) is 9.18. The highest BCUT2D eigenvalue weighted by Gasteiger charge is 2.14. The van der Waals surface area contributed by atoms with Crippen LogP contribution in [0.25, 0.3) is 0 Å². The average molecular weight is 262 g/mol. The van der Waals surface area contributed by atoms with Crippen molar-refractivity contribution in [2.75, 3.05) is 6.54 Å². The van der Waals surface area contributed by atoms with Crippen LogP contribution in [0.1, 0.15) is 57.6 Å². The topological polar surface area (TPSA) is 34.1 Å². The van der Waals surface area contributed by atoms with E-state index in [1.54, 1.807) is 0 Å². The van der Waals surface area contributed by atoms with Crippen molar-refractivity contribution in [2.24, 2.45) is 0 Å². The highest BCUT2D eigenvalue weighted by Crippen LogP contribution is 2.21. The molecule has 0 bridgehead atoms. The molecule has 1 fully saturated rings. The maximum atomic E-state index is 6.04. The van der Waals surface area contributed by atoms with E-state index in [4.69, 9.17) is 4.74 Å². The molecular weight excluding hydrogens is 236 g/mol. The summed E-state index contributed by atoms with van der Waals surface area (Å²) >= 11 is 0. The molecule has 3 nitrogen and oxygen atoms in total. The molecule has 0 radical (unpaired) electrons. The number of hydrogen-bond acceptors (Lipinski definition) is 3. The Morgan fingerprint density at radius 1 is 1.21 bits per heavy atom. The normalized spacial score (nSPS) is 17.1. The van der Waals surface area contributed by atoms with Gasteiger partial charge in [0.05, 0.1) is 5.69 Å². The lowest BCUT2D eigenvalue weighted by atomic mass is 10.1. The maximum absolute atomic E-state index is 6.04. The summed E-state index contributed by atoms with van der Waals surface area (Å²) in [6.45, 7) is 4.04. The average Bonchev–Trinajstić information content (AvgIpc) is 2.68. The fraction of sp³-hybridized carbons (Fsp3) is 0.688. The van der Waals surface area contributed by atoms with Crippen LogP contribution in [0.3, 0.4) is 0 Å². The van der Waals surface area contributed by atoms with Crippen molar-refractivity contribution >= 4 is 0 Å². The van der Waals surface area contributed by atoms with E-state index in [9.17, 15) is 0 Å². The van der Waals surface area contributed by atoms with Crippen LogP contribution in [-0.4, -0.2) is 17.6 Å². The molecular formula is C16H26N2O. The monoisotopic (exact) mass is 262 g/mol. The van der Waals surface area contributed by atoms with Crippen molar-refractivity contribution in [3.63, 3.8) is 0 Å². The van der Waals surface area contributed by atoms with E-state index in [-0.39, 0.29) is 0 Å². The molecule has 0 amide bonds. The van der Waals surface area contributed by atoms with E-state index in [0.29, 0.717) is 6.10 Å². The molecule has 1 aromatic heterocycles. The largest absolute Gasteiger partial charge is 0.474 e. The first-order valence-corrected chi connectivity index (χ1v) is 7.72. The third-order valence-corrected chi connectivity index (χ3v) is 3.60. The first-order valence-electron chi connectivity index (χ1n) is 7.72. The third kappa shape index (κ3) is 5.19. The van der Waals surface area contributed by atoms with Crippen molar-refractivity contribution in [1.82, 2.24) is 10.3 Å². The van der Waals surface area contributed by atoms with Gasteiger partial charge in [0.2, 0.25) is 5.88 Å². The highest BCUT2D eigenvalue weighted by molar-refractivity contribution is 5.16. The van der Waals surface area contributed by atoms with E-state index in [1.165, 1.54) is 38.5 Å². The van der Waals surface area contributed by atoms with Gasteiger partial charge >= 0.3 is 0 Å². The Bertz CT molecular complexity index is 360. The molecule has 0 aromatic carbocycles. The van der Waals surface area contributed by atoms with E-state index in [0.717, 1.165) is 31.1 Å². The number of aromatic nitrogens is 1. The van der Waals surface area contributed by atoms with Crippen molar-refractivity contribution in [3.05, 3.63) is 23.9 Å². The molecule has 3 heteroatoms. The summed E-state index contributed by atoms with van der Waals surface area (Å²) in [5.41, 5.74) is 1.07. The minimum absolute atomic E-state index is 0.369. The van der Waals surface area contributed by atoms with Crippen molar-refractivity contribution in [3.8, 4) is 5.88 Å². The Morgan fingerprint density at radius 2 is 2.00 bits per heavy atom. The van der Waals surface area contributed by atoms with Gasteiger partial charge in [-0.3, -0.25) is 0 Å². The number of rotatable bonds is 6. The number of nitrogens with zero attached hydrogens (tertiary/aromatic N) is 1. The van der Waals surface area contributed by atoms with Gasteiger partial charge in [0, 0.05) is 12.6 Å². The predicted octanol–water partition coefficient (Wildman–Crippen LogP) is 3.68. The summed E-state index contributed by atoms with van der Waals surface area (Å²) in [7, 11) is 0. The first-order chi connectivity index (χ1) is 9.38. The highest BCUT2D eigenvalue weighted by atomic mass is 16.5. The molecule has 0 atom stereocenters. The second-order valence-electron chi connectivity index (χ2n) is 5.38. The lowest BCUT2D eigenvalue weighted by Gasteiger charge is -2.16. The van der Waals surface area contributed by atoms with Gasteiger partial charge in [-0.2, -0.15) is 0 Å². The molecule has 106 valence electrons. The molecule has 0 spiro atoms. The van der Waals surface area contributed by atoms with Gasteiger partial charge in [0.25, 0.3) is 0 Å². The SMILES string of the molecule is CCCNCc1cccc(OC2CCCCCC2)n1. The summed E-state index contributed by atoms with van der Waals surface area (Å²) in [5, 5.41) is 3.37. The minimum Gasteiger partial charge on any atom is -0.474 e. The maximum Gasteiger partial charge on any atom is 0.213 e. The van der Waals surface area contributed by atoms with Crippen molar-refractivity contribution < 1.29 is 4.74 Å². The second-order valence-corrected chi connectivity index (χ2v) is 5.38. The summed E-state index contributed by atoms with van der Waals surface area (Å²) in [6, 6.07) is 6.08. The Balaban J connectivity index is 1.86. The fourth-order valence-corrected chi connectivity index (χ4v) is 2.55. The molecule has 0 aliphatic heterocycles. The molecule has 1 heterocycles. The number of ether oxygens (including phenoxy) is 1. The Morgan fingerprint density at radius 3 is 2.74 bits per heavy atom. The Labute approximate surface area is 116 Å². The van der Waals surface area contributed by atoms with Gasteiger partial charge in [0.1, 0.15) is 6.10 Å². The molecule has 0 unspecified atom stereocenters. The fourth-order valence-electron chi connectivity index (χ4n) is 2.55. The standard InChI is InChI=1S/C16H26N2O/c1-2-12-17-13-14-8-7-11-16(18-14)19-15-9-5-3-4-6-10-15/h7-8,11,15,17H,2-6,9-10,12-13H2,1H3. The van der Waals surface area contributed by atoms with Crippen LogP contribution in [0.15, 0.2) is 18.2 Å². The molecule has 1 aliphatic rings. The van der Waals surface area contributed by atoms with Crippen LogP contribution in [0.2, 0.25) is 0 Å². The number of nitrogens with one attached hydrogen (secondary N) is 1. The van der Waals surface area contributed by atoms with Crippen LogP contribution in [0.4, 0.5) is 0 Å². The van der Waals surface area contributed by atoms with Gasteiger partial charge < -0.3 is 10.1 Å². The third-order valence-electron chi connectivity index (χ3n) is 3.60. The number of pyridine rings is 1.